The van der Waals surface area contributed by atoms with Crippen molar-refractivity contribution in [1.29, 1.82) is 0 Å². The standard InChI is InChI=1S/C25H34N2O5/c1-7-18(3)26-25(29)19(4)27(15-20-10-8-17(2)9-11-20)24(28)16-32-23-13-21(30-5)12-22(14-23)31-6/h8-14,18-19H,7,15-16H2,1-6H3,(H,26,29)/t18-,19+/m0/s1. The number of carbonyl (C=O) groups is 2. The van der Waals surface area contributed by atoms with Crippen molar-refractivity contribution in [2.45, 2.75) is 52.7 Å². The first-order valence-corrected chi connectivity index (χ1v) is 10.8. The smallest absolute Gasteiger partial charge is 0.261 e. The zero-order valence-corrected chi connectivity index (χ0v) is 19.8. The summed E-state index contributed by atoms with van der Waals surface area (Å²) in [6, 6.07) is 12.4. The number of rotatable bonds is 11. The Kier molecular flexibility index (Phi) is 9.38. The summed E-state index contributed by atoms with van der Waals surface area (Å²) in [5.74, 6) is 1.08. The number of methoxy groups -OCH3 is 2. The Bertz CT molecular complexity index is 875. The van der Waals surface area contributed by atoms with E-state index in [1.807, 2.05) is 45.0 Å². The van der Waals surface area contributed by atoms with Gasteiger partial charge in [-0.3, -0.25) is 9.59 Å². The summed E-state index contributed by atoms with van der Waals surface area (Å²) >= 11 is 0. The predicted molar refractivity (Wildman–Crippen MR) is 124 cm³/mol. The molecule has 2 aromatic rings. The lowest BCUT2D eigenvalue weighted by Gasteiger charge is -2.29. The van der Waals surface area contributed by atoms with E-state index in [0.29, 0.717) is 23.8 Å². The summed E-state index contributed by atoms with van der Waals surface area (Å²) in [5.41, 5.74) is 2.07. The van der Waals surface area contributed by atoms with E-state index >= 15 is 0 Å². The second-order valence-corrected chi connectivity index (χ2v) is 7.84. The lowest BCUT2D eigenvalue weighted by atomic mass is 10.1. The fourth-order valence-electron chi connectivity index (χ4n) is 3.03. The van der Waals surface area contributed by atoms with Crippen molar-refractivity contribution < 1.29 is 23.8 Å². The molecule has 0 aliphatic carbocycles. The van der Waals surface area contributed by atoms with E-state index in [-0.39, 0.29) is 24.5 Å². The molecule has 0 fully saturated rings. The van der Waals surface area contributed by atoms with Gasteiger partial charge in [0.1, 0.15) is 23.3 Å². The van der Waals surface area contributed by atoms with Gasteiger partial charge in [-0.15, -0.1) is 0 Å². The van der Waals surface area contributed by atoms with Crippen LogP contribution in [0.5, 0.6) is 17.2 Å². The van der Waals surface area contributed by atoms with Crippen molar-refractivity contribution in [3.63, 3.8) is 0 Å². The molecule has 0 bridgehead atoms. The number of benzene rings is 2. The second-order valence-electron chi connectivity index (χ2n) is 7.84. The van der Waals surface area contributed by atoms with Gasteiger partial charge in [0.2, 0.25) is 5.91 Å². The van der Waals surface area contributed by atoms with Gasteiger partial charge in [-0.05, 0) is 32.8 Å². The Hall–Kier alpha value is -3.22. The quantitative estimate of drug-likeness (QED) is 0.574. The van der Waals surface area contributed by atoms with Crippen LogP contribution in [0.4, 0.5) is 0 Å². The van der Waals surface area contributed by atoms with Gasteiger partial charge in [-0.1, -0.05) is 36.8 Å². The third-order valence-electron chi connectivity index (χ3n) is 5.33. The van der Waals surface area contributed by atoms with E-state index in [4.69, 9.17) is 14.2 Å². The van der Waals surface area contributed by atoms with Crippen molar-refractivity contribution in [3.8, 4) is 17.2 Å². The largest absolute Gasteiger partial charge is 0.496 e. The molecule has 32 heavy (non-hydrogen) atoms. The molecule has 0 spiro atoms. The van der Waals surface area contributed by atoms with Crippen molar-refractivity contribution in [2.75, 3.05) is 20.8 Å². The van der Waals surface area contributed by atoms with Crippen LogP contribution < -0.4 is 19.5 Å². The Morgan fingerprint density at radius 3 is 2.06 bits per heavy atom. The molecule has 2 atom stereocenters. The molecule has 0 saturated heterocycles. The summed E-state index contributed by atoms with van der Waals surface area (Å²) in [6.07, 6.45) is 0.811. The molecule has 0 heterocycles. The van der Waals surface area contributed by atoms with Gasteiger partial charge in [0.25, 0.3) is 5.91 Å². The van der Waals surface area contributed by atoms with Gasteiger partial charge >= 0.3 is 0 Å². The Labute approximate surface area is 190 Å². The third kappa shape index (κ3) is 7.18. The normalized spacial score (nSPS) is 12.4. The van der Waals surface area contributed by atoms with Crippen LogP contribution in [0.1, 0.15) is 38.3 Å². The van der Waals surface area contributed by atoms with E-state index in [1.54, 1.807) is 44.2 Å². The summed E-state index contributed by atoms with van der Waals surface area (Å²) in [4.78, 5) is 27.5. The SMILES string of the molecule is CC[C@H](C)NC(=O)[C@@H](C)N(Cc1ccc(C)cc1)C(=O)COc1cc(OC)cc(OC)c1. The molecule has 0 radical (unpaired) electrons. The van der Waals surface area contributed by atoms with Gasteiger partial charge in [-0.25, -0.2) is 0 Å². The van der Waals surface area contributed by atoms with Gasteiger partial charge in [0.05, 0.1) is 14.2 Å². The van der Waals surface area contributed by atoms with Gasteiger partial charge in [-0.2, -0.15) is 0 Å². The monoisotopic (exact) mass is 442 g/mol. The minimum Gasteiger partial charge on any atom is -0.496 e. The number of aryl methyl sites for hydroxylation is 1. The molecular formula is C25H34N2O5. The van der Waals surface area contributed by atoms with Crippen LogP contribution in [0.15, 0.2) is 42.5 Å². The highest BCUT2D eigenvalue weighted by atomic mass is 16.5. The zero-order valence-electron chi connectivity index (χ0n) is 19.8. The van der Waals surface area contributed by atoms with Crippen LogP contribution in [0, 0.1) is 6.92 Å². The lowest BCUT2D eigenvalue weighted by Crippen LogP contribution is -2.50. The highest BCUT2D eigenvalue weighted by Crippen LogP contribution is 2.27. The average Bonchev–Trinajstić information content (AvgIpc) is 2.81. The number of hydrogen-bond acceptors (Lipinski definition) is 5. The van der Waals surface area contributed by atoms with Gasteiger partial charge < -0.3 is 24.4 Å². The Morgan fingerprint density at radius 2 is 1.53 bits per heavy atom. The number of carbonyl (C=O) groups excluding carboxylic acids is 2. The molecular weight excluding hydrogens is 408 g/mol. The molecule has 1 N–H and O–H groups in total. The Balaban J connectivity index is 2.18. The highest BCUT2D eigenvalue weighted by Gasteiger charge is 2.27. The maximum atomic E-state index is 13.2. The van der Waals surface area contributed by atoms with Crippen LogP contribution in [0.2, 0.25) is 0 Å². The predicted octanol–water partition coefficient (Wildman–Crippen LogP) is 3.72. The topological polar surface area (TPSA) is 77.1 Å². The summed E-state index contributed by atoms with van der Waals surface area (Å²) in [7, 11) is 3.09. The number of nitrogens with one attached hydrogen (secondary N) is 1. The van der Waals surface area contributed by atoms with E-state index in [0.717, 1.165) is 17.5 Å². The average molecular weight is 443 g/mol. The van der Waals surface area contributed by atoms with Crippen molar-refractivity contribution >= 4 is 11.8 Å². The molecule has 0 aliphatic rings. The molecule has 2 rings (SSSR count). The fourth-order valence-corrected chi connectivity index (χ4v) is 3.03. The van der Waals surface area contributed by atoms with Gasteiger partial charge in [0.15, 0.2) is 6.61 Å². The summed E-state index contributed by atoms with van der Waals surface area (Å²) in [5, 5.41) is 2.96. The first-order chi connectivity index (χ1) is 15.3. The van der Waals surface area contributed by atoms with E-state index in [2.05, 4.69) is 5.32 Å². The van der Waals surface area contributed by atoms with Gasteiger partial charge in [0, 0.05) is 30.8 Å². The minimum absolute atomic E-state index is 0.0294. The maximum Gasteiger partial charge on any atom is 0.261 e. The highest BCUT2D eigenvalue weighted by molar-refractivity contribution is 5.88. The van der Waals surface area contributed by atoms with Crippen LogP contribution in [-0.2, 0) is 16.1 Å². The van der Waals surface area contributed by atoms with E-state index in [1.165, 1.54) is 0 Å². The van der Waals surface area contributed by atoms with Crippen LogP contribution in [0.25, 0.3) is 0 Å². The van der Waals surface area contributed by atoms with Crippen LogP contribution in [-0.4, -0.2) is 49.6 Å². The summed E-state index contributed by atoms with van der Waals surface area (Å²) in [6.45, 7) is 7.77. The van der Waals surface area contributed by atoms with Crippen molar-refractivity contribution in [2.24, 2.45) is 0 Å². The number of ether oxygens (including phenoxy) is 3. The molecule has 7 heteroatoms. The fraction of sp³-hybridized carbons (Fsp3) is 0.440. The molecule has 174 valence electrons. The van der Waals surface area contributed by atoms with Crippen molar-refractivity contribution in [1.82, 2.24) is 10.2 Å². The maximum absolute atomic E-state index is 13.2. The third-order valence-corrected chi connectivity index (χ3v) is 5.33. The molecule has 0 saturated carbocycles. The lowest BCUT2D eigenvalue weighted by molar-refractivity contribution is -0.142. The minimum atomic E-state index is -0.652. The number of amides is 2. The zero-order chi connectivity index (χ0) is 23.7. The van der Waals surface area contributed by atoms with E-state index in [9.17, 15) is 9.59 Å². The number of hydrogen-bond donors (Lipinski definition) is 1. The van der Waals surface area contributed by atoms with Crippen LogP contribution in [0.3, 0.4) is 0 Å². The second kappa shape index (κ2) is 12.0. The molecule has 2 aromatic carbocycles. The molecule has 0 aromatic heterocycles. The first-order valence-electron chi connectivity index (χ1n) is 10.8. The Morgan fingerprint density at radius 1 is 0.969 bits per heavy atom. The number of nitrogens with zero attached hydrogens (tertiary/aromatic N) is 1. The molecule has 0 aliphatic heterocycles. The van der Waals surface area contributed by atoms with E-state index < -0.39 is 6.04 Å². The summed E-state index contributed by atoms with van der Waals surface area (Å²) < 4.78 is 16.2. The molecule has 0 unspecified atom stereocenters. The molecule has 7 nitrogen and oxygen atoms in total. The molecule has 2 amide bonds. The van der Waals surface area contributed by atoms with Crippen molar-refractivity contribution in [3.05, 3.63) is 53.6 Å². The van der Waals surface area contributed by atoms with Crippen LogP contribution >= 0.6 is 0 Å². The first kappa shape index (κ1) is 25.0.